The Morgan fingerprint density at radius 1 is 0.841 bits per heavy atom. The topological polar surface area (TPSA) is 86.8 Å². The average molecular weight is 616 g/mol. The molecular weight excluding hydrogens is 577 g/mol. The Hall–Kier alpha value is -4.50. The molecule has 4 aromatic carbocycles. The molecule has 2 atom stereocenters. The summed E-state index contributed by atoms with van der Waals surface area (Å²) in [6, 6.07) is 28.8. The smallest absolute Gasteiger partial charge is 0.264 e. The third-order valence-corrected chi connectivity index (χ3v) is 9.21. The van der Waals surface area contributed by atoms with Gasteiger partial charge in [-0.3, -0.25) is 13.9 Å². The summed E-state index contributed by atoms with van der Waals surface area (Å²) < 4.78 is 43.8. The van der Waals surface area contributed by atoms with Crippen LogP contribution in [-0.2, 0) is 32.6 Å². The van der Waals surface area contributed by atoms with Crippen molar-refractivity contribution in [2.75, 3.05) is 10.8 Å². The highest BCUT2D eigenvalue weighted by atomic mass is 32.2. The van der Waals surface area contributed by atoms with Crippen LogP contribution >= 0.6 is 0 Å². The van der Waals surface area contributed by atoms with Crippen LogP contribution in [0.3, 0.4) is 0 Å². The van der Waals surface area contributed by atoms with Crippen molar-refractivity contribution in [2.24, 2.45) is 0 Å². The summed E-state index contributed by atoms with van der Waals surface area (Å²) in [6.45, 7) is 5.09. The minimum absolute atomic E-state index is 0.0441. The van der Waals surface area contributed by atoms with Crippen LogP contribution in [0, 0.1) is 12.7 Å². The molecule has 1 N–H and O–H groups in total. The Morgan fingerprint density at radius 2 is 1.45 bits per heavy atom. The lowest BCUT2D eigenvalue weighted by Crippen LogP contribution is -2.54. The van der Waals surface area contributed by atoms with Crippen molar-refractivity contribution < 1.29 is 22.4 Å². The molecule has 4 aromatic rings. The Bertz CT molecular complexity index is 1670. The maximum Gasteiger partial charge on any atom is 0.264 e. The number of anilines is 1. The van der Waals surface area contributed by atoms with Gasteiger partial charge in [-0.15, -0.1) is 0 Å². The molecule has 0 spiro atoms. The largest absolute Gasteiger partial charge is 0.352 e. The second-order valence-electron chi connectivity index (χ2n) is 10.8. The number of hydrogen-bond acceptors (Lipinski definition) is 4. The highest BCUT2D eigenvalue weighted by Gasteiger charge is 2.35. The zero-order valence-electron chi connectivity index (χ0n) is 25.2. The van der Waals surface area contributed by atoms with Crippen molar-refractivity contribution in [3.05, 3.63) is 132 Å². The lowest BCUT2D eigenvalue weighted by Gasteiger charge is -2.34. The van der Waals surface area contributed by atoms with Gasteiger partial charge in [-0.05, 0) is 55.7 Å². The molecule has 0 aliphatic carbocycles. The van der Waals surface area contributed by atoms with E-state index in [1.807, 2.05) is 75.4 Å². The van der Waals surface area contributed by atoms with Crippen molar-refractivity contribution >= 4 is 27.5 Å². The summed E-state index contributed by atoms with van der Waals surface area (Å²) in [4.78, 5) is 29.6. The van der Waals surface area contributed by atoms with Gasteiger partial charge in [0.25, 0.3) is 10.0 Å². The van der Waals surface area contributed by atoms with E-state index < -0.39 is 34.3 Å². The molecule has 2 amide bonds. The Kier molecular flexibility index (Phi) is 10.9. The second kappa shape index (κ2) is 14.8. The van der Waals surface area contributed by atoms with Gasteiger partial charge >= 0.3 is 0 Å². The van der Waals surface area contributed by atoms with Crippen molar-refractivity contribution in [3.8, 4) is 0 Å². The minimum atomic E-state index is -4.37. The SMILES string of the molecule is CC[C@@H](C)NC(=O)[C@@H](Cc1ccccc1)N(Cc1cccc(C)c1)C(=O)CN(c1ccccc1F)S(=O)(=O)c1ccccc1. The lowest BCUT2D eigenvalue weighted by atomic mass is 10.0. The maximum atomic E-state index is 15.2. The predicted octanol–water partition coefficient (Wildman–Crippen LogP) is 5.88. The number of carbonyl (C=O) groups excluding carboxylic acids is 2. The lowest BCUT2D eigenvalue weighted by molar-refractivity contribution is -0.140. The first-order chi connectivity index (χ1) is 21.1. The number of rotatable bonds is 13. The Labute approximate surface area is 259 Å². The molecule has 0 aromatic heterocycles. The number of halogens is 1. The van der Waals surface area contributed by atoms with Crippen LogP contribution in [0.4, 0.5) is 10.1 Å². The number of carbonyl (C=O) groups is 2. The monoisotopic (exact) mass is 615 g/mol. The number of amides is 2. The molecule has 0 saturated carbocycles. The average Bonchev–Trinajstić information content (AvgIpc) is 3.02. The molecule has 9 heteroatoms. The number of benzene rings is 4. The van der Waals surface area contributed by atoms with Crippen LogP contribution < -0.4 is 9.62 Å². The quantitative estimate of drug-likeness (QED) is 0.203. The summed E-state index contributed by atoms with van der Waals surface area (Å²) in [6.07, 6.45) is 0.887. The fourth-order valence-electron chi connectivity index (χ4n) is 4.89. The van der Waals surface area contributed by atoms with E-state index in [9.17, 15) is 18.0 Å². The van der Waals surface area contributed by atoms with Gasteiger partial charge in [-0.25, -0.2) is 12.8 Å². The molecule has 0 aliphatic heterocycles. The van der Waals surface area contributed by atoms with E-state index in [0.717, 1.165) is 27.1 Å². The molecule has 7 nitrogen and oxygen atoms in total. The molecule has 0 aliphatic rings. The van der Waals surface area contributed by atoms with Crippen LogP contribution in [-0.4, -0.2) is 43.8 Å². The molecular formula is C35H38FN3O4S. The van der Waals surface area contributed by atoms with E-state index in [4.69, 9.17) is 0 Å². The summed E-state index contributed by atoms with van der Waals surface area (Å²) in [5, 5.41) is 3.01. The molecule has 230 valence electrons. The van der Waals surface area contributed by atoms with Gasteiger partial charge < -0.3 is 10.2 Å². The number of nitrogens with zero attached hydrogens (tertiary/aromatic N) is 2. The van der Waals surface area contributed by atoms with Crippen molar-refractivity contribution in [1.82, 2.24) is 10.2 Å². The number of para-hydroxylation sites is 1. The van der Waals surface area contributed by atoms with Crippen LogP contribution in [0.2, 0.25) is 0 Å². The molecule has 0 radical (unpaired) electrons. The zero-order chi connectivity index (χ0) is 31.7. The van der Waals surface area contributed by atoms with Gasteiger partial charge in [0.1, 0.15) is 18.4 Å². The van der Waals surface area contributed by atoms with Gasteiger partial charge in [-0.1, -0.05) is 97.4 Å². The standard InChI is InChI=1S/C35H38FN3O4S/c1-4-27(3)37-35(41)33(23-28-15-7-5-8-16-28)38(24-29-17-13-14-26(2)22-29)34(40)25-39(32-21-12-11-20-31(32)36)44(42,43)30-18-9-6-10-19-30/h5-22,27,33H,4,23-25H2,1-3H3,(H,37,41)/t27-,33-/m1/s1. The first-order valence-electron chi connectivity index (χ1n) is 14.6. The minimum Gasteiger partial charge on any atom is -0.352 e. The van der Waals surface area contributed by atoms with Crippen LogP contribution in [0.5, 0.6) is 0 Å². The first-order valence-corrected chi connectivity index (χ1v) is 16.1. The number of aryl methyl sites for hydroxylation is 1. The summed E-state index contributed by atoms with van der Waals surface area (Å²) in [5.74, 6) is -1.79. The highest BCUT2D eigenvalue weighted by molar-refractivity contribution is 7.92. The highest BCUT2D eigenvalue weighted by Crippen LogP contribution is 2.27. The van der Waals surface area contributed by atoms with Crippen molar-refractivity contribution in [3.63, 3.8) is 0 Å². The Balaban J connectivity index is 1.81. The molecule has 0 saturated heterocycles. The normalized spacial score (nSPS) is 12.6. The van der Waals surface area contributed by atoms with E-state index in [2.05, 4.69) is 5.32 Å². The van der Waals surface area contributed by atoms with Gasteiger partial charge in [0.15, 0.2) is 0 Å². The third kappa shape index (κ3) is 8.11. The van der Waals surface area contributed by atoms with E-state index >= 15 is 4.39 Å². The third-order valence-electron chi connectivity index (χ3n) is 7.44. The number of hydrogen-bond donors (Lipinski definition) is 1. The van der Waals surface area contributed by atoms with E-state index in [1.165, 1.54) is 35.2 Å². The maximum absolute atomic E-state index is 15.2. The zero-order valence-corrected chi connectivity index (χ0v) is 26.0. The van der Waals surface area contributed by atoms with Crippen molar-refractivity contribution in [1.29, 1.82) is 0 Å². The molecule has 44 heavy (non-hydrogen) atoms. The van der Waals surface area contributed by atoms with Crippen LogP contribution in [0.25, 0.3) is 0 Å². The van der Waals surface area contributed by atoms with E-state index in [1.54, 1.807) is 18.2 Å². The fourth-order valence-corrected chi connectivity index (χ4v) is 6.33. The van der Waals surface area contributed by atoms with Crippen LogP contribution in [0.15, 0.2) is 114 Å². The van der Waals surface area contributed by atoms with Crippen molar-refractivity contribution in [2.45, 2.75) is 57.1 Å². The summed E-state index contributed by atoms with van der Waals surface area (Å²) in [5.41, 5.74) is 2.32. The predicted molar refractivity (Wildman–Crippen MR) is 171 cm³/mol. The summed E-state index contributed by atoms with van der Waals surface area (Å²) >= 11 is 0. The van der Waals surface area contributed by atoms with E-state index in [-0.39, 0.29) is 35.5 Å². The molecule has 0 unspecified atom stereocenters. The van der Waals surface area contributed by atoms with E-state index in [0.29, 0.717) is 6.42 Å². The number of sulfonamides is 1. The van der Waals surface area contributed by atoms with Crippen LogP contribution in [0.1, 0.15) is 37.0 Å². The first kappa shape index (κ1) is 32.4. The van der Waals surface area contributed by atoms with Gasteiger partial charge in [0.2, 0.25) is 11.8 Å². The summed E-state index contributed by atoms with van der Waals surface area (Å²) in [7, 11) is -4.37. The molecule has 0 fully saturated rings. The van der Waals surface area contributed by atoms with Gasteiger partial charge in [0.05, 0.1) is 10.6 Å². The molecule has 0 heterocycles. The Morgan fingerprint density at radius 3 is 2.09 bits per heavy atom. The second-order valence-corrected chi connectivity index (χ2v) is 12.7. The van der Waals surface area contributed by atoms with Gasteiger partial charge in [0, 0.05) is 19.0 Å². The molecule has 4 rings (SSSR count). The van der Waals surface area contributed by atoms with Gasteiger partial charge in [-0.2, -0.15) is 0 Å². The number of nitrogens with one attached hydrogen (secondary N) is 1. The fraction of sp³-hybridized carbons (Fsp3) is 0.257. The molecule has 0 bridgehead atoms.